The van der Waals surface area contributed by atoms with Gasteiger partial charge in [-0.05, 0) is 56.4 Å². The van der Waals surface area contributed by atoms with Gasteiger partial charge in [0.2, 0.25) is 10.0 Å². The molecule has 1 aliphatic carbocycles. The van der Waals surface area contributed by atoms with Crippen LogP contribution in [0.5, 0.6) is 0 Å². The minimum absolute atomic E-state index is 0.0669. The van der Waals surface area contributed by atoms with Crippen LogP contribution in [0.15, 0.2) is 40.8 Å². The first kappa shape index (κ1) is 18.1. The van der Waals surface area contributed by atoms with E-state index >= 15 is 0 Å². The number of hydrogen-bond acceptors (Lipinski definition) is 4. The minimum atomic E-state index is -3.53. The van der Waals surface area contributed by atoms with Crippen LogP contribution in [-0.2, 0) is 19.6 Å². The molecule has 3 rings (SSSR count). The van der Waals surface area contributed by atoms with Crippen LogP contribution in [0.2, 0.25) is 0 Å². The van der Waals surface area contributed by atoms with Crippen molar-refractivity contribution < 1.29 is 17.9 Å². The third kappa shape index (κ3) is 4.68. The van der Waals surface area contributed by atoms with Crippen molar-refractivity contribution in [2.45, 2.75) is 37.0 Å². The fraction of sp³-hybridized carbons (Fsp3) is 0.500. The molecule has 0 aromatic heterocycles. The number of carbonyl (C=O) groups excluding carboxylic acids is 1. The molecule has 1 amide bonds. The Labute approximate surface area is 148 Å². The van der Waals surface area contributed by atoms with Gasteiger partial charge < -0.3 is 9.64 Å². The van der Waals surface area contributed by atoms with Crippen LogP contribution in [0.3, 0.4) is 0 Å². The lowest BCUT2D eigenvalue weighted by Gasteiger charge is -2.26. The highest BCUT2D eigenvalue weighted by molar-refractivity contribution is 7.89. The molecule has 1 aromatic carbocycles. The summed E-state index contributed by atoms with van der Waals surface area (Å²) in [7, 11) is -3.53. The Hall–Kier alpha value is -1.70. The van der Waals surface area contributed by atoms with Gasteiger partial charge in [0, 0.05) is 18.8 Å². The number of rotatable bonds is 6. The molecule has 0 spiro atoms. The van der Waals surface area contributed by atoms with E-state index in [1.807, 2.05) is 0 Å². The van der Waals surface area contributed by atoms with Crippen molar-refractivity contribution in [2.75, 3.05) is 31.2 Å². The molecule has 1 aliphatic heterocycles. The number of hydrogen-bond donors (Lipinski definition) is 1. The SMILES string of the molecule is O=C1COCCN1c1ccc(S(=O)(=O)NCCC2=CCCCC2)cc1. The third-order valence-corrected chi connectivity index (χ3v) is 6.04. The molecule has 2 aliphatic rings. The summed E-state index contributed by atoms with van der Waals surface area (Å²) in [6, 6.07) is 6.42. The summed E-state index contributed by atoms with van der Waals surface area (Å²) in [4.78, 5) is 13.7. The summed E-state index contributed by atoms with van der Waals surface area (Å²) >= 11 is 0. The van der Waals surface area contributed by atoms with Crippen LogP contribution >= 0.6 is 0 Å². The highest BCUT2D eigenvalue weighted by atomic mass is 32.2. The Morgan fingerprint density at radius 2 is 1.96 bits per heavy atom. The molecule has 1 heterocycles. The van der Waals surface area contributed by atoms with Crippen molar-refractivity contribution in [3.63, 3.8) is 0 Å². The van der Waals surface area contributed by atoms with E-state index < -0.39 is 10.0 Å². The number of sulfonamides is 1. The number of morpholine rings is 1. The van der Waals surface area contributed by atoms with Crippen LogP contribution in [0.1, 0.15) is 32.1 Å². The van der Waals surface area contributed by atoms with Gasteiger partial charge in [-0.3, -0.25) is 4.79 Å². The van der Waals surface area contributed by atoms with Gasteiger partial charge >= 0.3 is 0 Å². The number of amides is 1. The standard InChI is InChI=1S/C18H24N2O4S/c21-18-14-24-13-12-20(18)16-6-8-17(9-7-16)25(22,23)19-11-10-15-4-2-1-3-5-15/h4,6-9,19H,1-3,5,10-14H2. The van der Waals surface area contributed by atoms with Crippen molar-refractivity contribution in [3.05, 3.63) is 35.9 Å². The second kappa shape index (κ2) is 8.12. The fourth-order valence-electron chi connectivity index (χ4n) is 3.16. The minimum Gasteiger partial charge on any atom is -0.370 e. The van der Waals surface area contributed by atoms with Gasteiger partial charge in [0.15, 0.2) is 0 Å². The molecule has 1 fully saturated rings. The molecule has 7 heteroatoms. The molecule has 0 radical (unpaired) electrons. The molecule has 6 nitrogen and oxygen atoms in total. The van der Waals surface area contributed by atoms with Crippen molar-refractivity contribution in [1.82, 2.24) is 4.72 Å². The normalized spacial score (nSPS) is 19.0. The van der Waals surface area contributed by atoms with E-state index in [-0.39, 0.29) is 17.4 Å². The average molecular weight is 364 g/mol. The number of allylic oxidation sites excluding steroid dienone is 1. The number of nitrogens with one attached hydrogen (secondary N) is 1. The molecule has 0 unspecified atom stereocenters. The van der Waals surface area contributed by atoms with Crippen molar-refractivity contribution in [3.8, 4) is 0 Å². The lowest BCUT2D eigenvalue weighted by Crippen LogP contribution is -2.41. The van der Waals surface area contributed by atoms with E-state index in [1.165, 1.54) is 18.4 Å². The molecule has 1 N–H and O–H groups in total. The van der Waals surface area contributed by atoms with E-state index in [1.54, 1.807) is 29.2 Å². The van der Waals surface area contributed by atoms with Gasteiger partial charge in [-0.25, -0.2) is 13.1 Å². The van der Waals surface area contributed by atoms with Crippen molar-refractivity contribution in [2.24, 2.45) is 0 Å². The largest absolute Gasteiger partial charge is 0.370 e. The number of carbonyl (C=O) groups is 1. The van der Waals surface area contributed by atoms with Gasteiger partial charge in [0.05, 0.1) is 11.5 Å². The van der Waals surface area contributed by atoms with Gasteiger partial charge in [-0.15, -0.1) is 0 Å². The first-order chi connectivity index (χ1) is 12.1. The van der Waals surface area contributed by atoms with E-state index in [0.717, 1.165) is 19.3 Å². The van der Waals surface area contributed by atoms with Gasteiger partial charge in [0.25, 0.3) is 5.91 Å². The molecule has 136 valence electrons. The Morgan fingerprint density at radius 3 is 2.64 bits per heavy atom. The lowest BCUT2D eigenvalue weighted by molar-refractivity contribution is -0.125. The van der Waals surface area contributed by atoms with Crippen LogP contribution in [-0.4, -0.2) is 40.6 Å². The molecule has 1 aromatic rings. The Bertz CT molecular complexity index is 741. The molecule has 1 saturated heterocycles. The van der Waals surface area contributed by atoms with Crippen LogP contribution in [0.25, 0.3) is 0 Å². The summed E-state index contributed by atoms with van der Waals surface area (Å²) in [5.74, 6) is -0.110. The predicted octanol–water partition coefficient (Wildman–Crippen LogP) is 2.22. The molecule has 0 saturated carbocycles. The summed E-state index contributed by atoms with van der Waals surface area (Å²) < 4.78 is 32.6. The quantitative estimate of drug-likeness (QED) is 0.786. The Morgan fingerprint density at radius 1 is 1.16 bits per heavy atom. The molecule has 25 heavy (non-hydrogen) atoms. The molecule has 0 bridgehead atoms. The van der Waals surface area contributed by atoms with Gasteiger partial charge in [-0.1, -0.05) is 11.6 Å². The van der Waals surface area contributed by atoms with Crippen LogP contribution in [0.4, 0.5) is 5.69 Å². The van der Waals surface area contributed by atoms with E-state index in [0.29, 0.717) is 25.4 Å². The zero-order valence-corrected chi connectivity index (χ0v) is 15.1. The Kier molecular flexibility index (Phi) is 5.88. The maximum Gasteiger partial charge on any atom is 0.253 e. The summed E-state index contributed by atoms with van der Waals surface area (Å²) in [6.07, 6.45) is 7.59. The fourth-order valence-corrected chi connectivity index (χ4v) is 4.19. The number of benzene rings is 1. The second-order valence-electron chi connectivity index (χ2n) is 6.35. The zero-order valence-electron chi connectivity index (χ0n) is 14.2. The van der Waals surface area contributed by atoms with Crippen molar-refractivity contribution in [1.29, 1.82) is 0 Å². The topological polar surface area (TPSA) is 75.7 Å². The maximum absolute atomic E-state index is 12.4. The zero-order chi connectivity index (χ0) is 17.7. The summed E-state index contributed by atoms with van der Waals surface area (Å²) in [5.41, 5.74) is 2.04. The maximum atomic E-state index is 12.4. The monoisotopic (exact) mass is 364 g/mol. The van der Waals surface area contributed by atoms with Crippen LogP contribution in [0, 0.1) is 0 Å². The molecular weight excluding hydrogens is 340 g/mol. The molecular formula is C18H24N2O4S. The van der Waals surface area contributed by atoms with E-state index in [2.05, 4.69) is 10.8 Å². The van der Waals surface area contributed by atoms with E-state index in [4.69, 9.17) is 4.74 Å². The van der Waals surface area contributed by atoms with E-state index in [9.17, 15) is 13.2 Å². The second-order valence-corrected chi connectivity index (χ2v) is 8.11. The highest BCUT2D eigenvalue weighted by Gasteiger charge is 2.21. The van der Waals surface area contributed by atoms with Gasteiger partial charge in [-0.2, -0.15) is 0 Å². The van der Waals surface area contributed by atoms with Gasteiger partial charge in [0.1, 0.15) is 6.61 Å². The Balaban J connectivity index is 1.60. The molecule has 0 atom stereocenters. The third-order valence-electron chi connectivity index (χ3n) is 4.57. The smallest absolute Gasteiger partial charge is 0.253 e. The number of anilines is 1. The summed E-state index contributed by atoms with van der Waals surface area (Å²) in [6.45, 7) is 1.46. The number of ether oxygens (including phenoxy) is 1. The number of nitrogens with zero attached hydrogens (tertiary/aromatic N) is 1. The summed E-state index contributed by atoms with van der Waals surface area (Å²) in [5, 5.41) is 0. The van der Waals surface area contributed by atoms with Crippen molar-refractivity contribution >= 4 is 21.6 Å². The first-order valence-corrected chi connectivity index (χ1v) is 10.2. The van der Waals surface area contributed by atoms with Crippen LogP contribution < -0.4 is 9.62 Å². The lowest BCUT2D eigenvalue weighted by atomic mass is 9.97. The highest BCUT2D eigenvalue weighted by Crippen LogP contribution is 2.21. The first-order valence-electron chi connectivity index (χ1n) is 8.72. The average Bonchev–Trinajstić information content (AvgIpc) is 2.63. The predicted molar refractivity (Wildman–Crippen MR) is 96.0 cm³/mol.